The molecule has 3 heteroatoms. The molecule has 0 aromatic carbocycles. The predicted molar refractivity (Wildman–Crippen MR) is 37.8 cm³/mol. The maximum absolute atomic E-state index is 7.95. The normalized spacial score (nSPS) is 12.2. The maximum Gasteiger partial charge on any atom is 0.0374 e. The molecule has 1 radical (unpaired) electrons. The molecule has 0 rings (SSSR count). The number of azide groups is 1. The summed E-state index contributed by atoms with van der Waals surface area (Å²) in [4.78, 5) is 2.65. The van der Waals surface area contributed by atoms with E-state index in [9.17, 15) is 0 Å². The summed E-state index contributed by atoms with van der Waals surface area (Å²) in [7, 11) is 0. The van der Waals surface area contributed by atoms with E-state index in [1.165, 1.54) is 0 Å². The molecule has 0 aromatic rings. The van der Waals surface area contributed by atoms with Gasteiger partial charge in [-0.05, 0) is 18.9 Å². The second-order valence-electron chi connectivity index (χ2n) is 2.00. The van der Waals surface area contributed by atoms with E-state index >= 15 is 0 Å². The minimum atomic E-state index is -0.0741. The smallest absolute Gasteiger partial charge is 0.0374 e. The fraction of sp³-hybridized carbons (Fsp3) is 0.833. The Kier molecular flexibility index (Phi) is 5.03. The van der Waals surface area contributed by atoms with Gasteiger partial charge in [0, 0.05) is 11.0 Å². The predicted octanol–water partition coefficient (Wildman–Crippen LogP) is 2.69. The van der Waals surface area contributed by atoms with Crippen molar-refractivity contribution >= 4 is 0 Å². The van der Waals surface area contributed by atoms with Crippen molar-refractivity contribution in [3.63, 3.8) is 0 Å². The summed E-state index contributed by atoms with van der Waals surface area (Å²) >= 11 is 0. The molecule has 3 nitrogen and oxygen atoms in total. The molecule has 0 aliphatic heterocycles. The van der Waals surface area contributed by atoms with Crippen molar-refractivity contribution < 1.29 is 0 Å². The first-order valence-corrected chi connectivity index (χ1v) is 3.18. The fourth-order valence-corrected chi connectivity index (χ4v) is 0.571. The van der Waals surface area contributed by atoms with E-state index in [4.69, 9.17) is 5.53 Å². The van der Waals surface area contributed by atoms with Gasteiger partial charge in [-0.2, -0.15) is 0 Å². The molecule has 0 bridgehead atoms. The van der Waals surface area contributed by atoms with Crippen LogP contribution >= 0.6 is 0 Å². The van der Waals surface area contributed by atoms with Crippen LogP contribution in [0.1, 0.15) is 26.2 Å². The zero-order chi connectivity index (χ0) is 7.11. The summed E-state index contributed by atoms with van der Waals surface area (Å²) in [5.41, 5.74) is 7.95. The highest BCUT2D eigenvalue weighted by Gasteiger charge is 1.94. The minimum absolute atomic E-state index is 0.0741. The molecule has 1 atom stereocenters. The third-order valence-electron chi connectivity index (χ3n) is 1.11. The molecule has 51 valence electrons. The van der Waals surface area contributed by atoms with Crippen LogP contribution in [0, 0.1) is 6.92 Å². The Morgan fingerprint density at radius 3 is 2.89 bits per heavy atom. The molecular formula is C6H12N3. The van der Waals surface area contributed by atoms with Gasteiger partial charge in [0.05, 0.1) is 0 Å². The Morgan fingerprint density at radius 1 is 1.78 bits per heavy atom. The van der Waals surface area contributed by atoms with Crippen molar-refractivity contribution in [3.8, 4) is 0 Å². The summed E-state index contributed by atoms with van der Waals surface area (Å²) in [6, 6.07) is -0.0741. The molecule has 0 fully saturated rings. The SMILES string of the molecule is [CH2]C(CCCC)N=[N+]=[N-]. The molecule has 9 heavy (non-hydrogen) atoms. The fourth-order valence-electron chi connectivity index (χ4n) is 0.571. The maximum atomic E-state index is 7.95. The van der Waals surface area contributed by atoms with Crippen LogP contribution in [0.2, 0.25) is 0 Å². The highest BCUT2D eigenvalue weighted by atomic mass is 15.1. The number of hydrogen-bond acceptors (Lipinski definition) is 1. The van der Waals surface area contributed by atoms with Crippen molar-refractivity contribution in [2.75, 3.05) is 0 Å². The second-order valence-corrected chi connectivity index (χ2v) is 2.00. The van der Waals surface area contributed by atoms with Crippen molar-refractivity contribution in [1.82, 2.24) is 0 Å². The number of unbranched alkanes of at least 4 members (excludes halogenated alkanes) is 1. The van der Waals surface area contributed by atoms with Crippen LogP contribution in [0.15, 0.2) is 5.11 Å². The molecule has 0 aliphatic carbocycles. The zero-order valence-corrected chi connectivity index (χ0v) is 5.75. The third kappa shape index (κ3) is 5.18. The molecule has 0 saturated heterocycles. The average molecular weight is 126 g/mol. The van der Waals surface area contributed by atoms with E-state index in [0.29, 0.717) is 0 Å². The summed E-state index contributed by atoms with van der Waals surface area (Å²) < 4.78 is 0. The van der Waals surface area contributed by atoms with Crippen LogP contribution in [-0.4, -0.2) is 6.04 Å². The van der Waals surface area contributed by atoms with E-state index in [-0.39, 0.29) is 6.04 Å². The van der Waals surface area contributed by atoms with Crippen LogP contribution < -0.4 is 0 Å². The molecular weight excluding hydrogens is 114 g/mol. The topological polar surface area (TPSA) is 48.8 Å². The standard InChI is InChI=1S/C6H12N3/c1-3-4-5-6(2)8-9-7/h6H,2-5H2,1H3. The van der Waals surface area contributed by atoms with Gasteiger partial charge in [-0.1, -0.05) is 24.9 Å². The van der Waals surface area contributed by atoms with Gasteiger partial charge in [0.15, 0.2) is 0 Å². The summed E-state index contributed by atoms with van der Waals surface area (Å²) in [5, 5.41) is 3.43. The zero-order valence-electron chi connectivity index (χ0n) is 5.75. The lowest BCUT2D eigenvalue weighted by atomic mass is 10.2. The van der Waals surface area contributed by atoms with Crippen LogP contribution in [0.4, 0.5) is 0 Å². The van der Waals surface area contributed by atoms with Gasteiger partial charge >= 0.3 is 0 Å². The van der Waals surface area contributed by atoms with E-state index in [0.717, 1.165) is 19.3 Å². The number of rotatable bonds is 4. The quantitative estimate of drug-likeness (QED) is 0.316. The van der Waals surface area contributed by atoms with E-state index in [2.05, 4.69) is 23.9 Å². The van der Waals surface area contributed by atoms with Crippen molar-refractivity contribution in [1.29, 1.82) is 0 Å². The first kappa shape index (κ1) is 8.31. The highest BCUT2D eigenvalue weighted by molar-refractivity contribution is 4.67. The first-order chi connectivity index (χ1) is 4.31. The van der Waals surface area contributed by atoms with E-state index in [1.807, 2.05) is 0 Å². The number of hydrogen-bond donors (Lipinski definition) is 0. The molecule has 1 unspecified atom stereocenters. The van der Waals surface area contributed by atoms with E-state index in [1.54, 1.807) is 0 Å². The third-order valence-corrected chi connectivity index (χ3v) is 1.11. The minimum Gasteiger partial charge on any atom is -0.0906 e. The molecule has 0 saturated carbocycles. The van der Waals surface area contributed by atoms with E-state index < -0.39 is 0 Å². The van der Waals surface area contributed by atoms with Crippen LogP contribution in [-0.2, 0) is 0 Å². The van der Waals surface area contributed by atoms with Crippen molar-refractivity contribution in [2.24, 2.45) is 5.11 Å². The van der Waals surface area contributed by atoms with Crippen LogP contribution in [0.5, 0.6) is 0 Å². The average Bonchev–Trinajstić information content (AvgIpc) is 1.85. The van der Waals surface area contributed by atoms with Gasteiger partial charge in [-0.15, -0.1) is 0 Å². The van der Waals surface area contributed by atoms with Gasteiger partial charge in [0.2, 0.25) is 0 Å². The van der Waals surface area contributed by atoms with Crippen molar-refractivity contribution in [2.45, 2.75) is 32.2 Å². The Bertz CT molecular complexity index is 105. The van der Waals surface area contributed by atoms with Crippen LogP contribution in [0.3, 0.4) is 0 Å². The first-order valence-electron chi connectivity index (χ1n) is 3.18. The molecule has 0 amide bonds. The lowest BCUT2D eigenvalue weighted by Gasteiger charge is -1.99. The summed E-state index contributed by atoms with van der Waals surface area (Å²) in [5.74, 6) is 0. The Balaban J connectivity index is 3.26. The molecule has 0 N–H and O–H groups in total. The van der Waals surface area contributed by atoms with Gasteiger partial charge in [0.1, 0.15) is 0 Å². The highest BCUT2D eigenvalue weighted by Crippen LogP contribution is 2.02. The Labute approximate surface area is 55.7 Å². The summed E-state index contributed by atoms with van der Waals surface area (Å²) in [6.45, 7) is 5.74. The molecule has 0 spiro atoms. The molecule has 0 heterocycles. The van der Waals surface area contributed by atoms with Crippen molar-refractivity contribution in [3.05, 3.63) is 17.4 Å². The Hall–Kier alpha value is -0.690. The monoisotopic (exact) mass is 126 g/mol. The lowest BCUT2D eigenvalue weighted by molar-refractivity contribution is 0.650. The van der Waals surface area contributed by atoms with Crippen LogP contribution in [0.25, 0.3) is 10.4 Å². The second kappa shape index (κ2) is 5.45. The largest absolute Gasteiger partial charge is 0.0906 e. The molecule has 0 aromatic heterocycles. The van der Waals surface area contributed by atoms with Gasteiger partial charge < -0.3 is 0 Å². The molecule has 0 aliphatic rings. The lowest BCUT2D eigenvalue weighted by Crippen LogP contribution is -1.94. The van der Waals surface area contributed by atoms with Gasteiger partial charge in [-0.25, -0.2) is 0 Å². The number of nitrogens with zero attached hydrogens (tertiary/aromatic N) is 3. The van der Waals surface area contributed by atoms with Gasteiger partial charge in [-0.3, -0.25) is 0 Å². The Morgan fingerprint density at radius 2 is 2.44 bits per heavy atom. The summed E-state index contributed by atoms with van der Waals surface area (Å²) in [6.07, 6.45) is 3.13. The van der Waals surface area contributed by atoms with Gasteiger partial charge in [0.25, 0.3) is 0 Å².